The third-order valence-corrected chi connectivity index (χ3v) is 5.51. The molecule has 0 unspecified atom stereocenters. The van der Waals surface area contributed by atoms with Crippen molar-refractivity contribution in [3.05, 3.63) is 78.4 Å². The third-order valence-electron chi connectivity index (χ3n) is 5.27. The first-order valence-electron chi connectivity index (χ1n) is 10.7. The molecule has 0 radical (unpaired) electrons. The van der Waals surface area contributed by atoms with Crippen molar-refractivity contribution in [3.8, 4) is 33.9 Å². The maximum atomic E-state index is 6.22. The highest BCUT2D eigenvalue weighted by atomic mass is 35.5. The van der Waals surface area contributed by atoms with Crippen molar-refractivity contribution in [2.24, 2.45) is 17.8 Å². The van der Waals surface area contributed by atoms with E-state index in [-0.39, 0.29) is 0 Å². The molecule has 5 aromatic rings. The Labute approximate surface area is 205 Å². The first kappa shape index (κ1) is 22.2. The van der Waals surface area contributed by atoms with Crippen LogP contribution < -0.4 is 11.1 Å². The quantitative estimate of drug-likeness (QED) is 0.287. The molecule has 174 valence electrons. The van der Waals surface area contributed by atoms with Crippen molar-refractivity contribution in [2.75, 3.05) is 12.4 Å². The van der Waals surface area contributed by atoms with Crippen molar-refractivity contribution < 1.29 is 0 Å². The fraction of sp³-hybridized carbons (Fsp3) is 0.0833. The summed E-state index contributed by atoms with van der Waals surface area (Å²) >= 11 is 6.22. The molecule has 1 aromatic carbocycles. The minimum Gasteiger partial charge on any atom is -0.404 e. The zero-order chi connectivity index (χ0) is 24.4. The molecule has 10 nitrogen and oxygen atoms in total. The monoisotopic (exact) mass is 484 g/mol. The summed E-state index contributed by atoms with van der Waals surface area (Å²) in [6.07, 6.45) is 8.56. The lowest BCUT2D eigenvalue weighted by Gasteiger charge is -2.07. The number of nitrogens with zero attached hydrogens (tertiary/aromatic N) is 8. The fourth-order valence-corrected chi connectivity index (χ4v) is 3.88. The maximum Gasteiger partial charge on any atom is 0.228 e. The van der Waals surface area contributed by atoms with E-state index < -0.39 is 0 Å². The van der Waals surface area contributed by atoms with Crippen LogP contribution >= 0.6 is 11.6 Å². The maximum absolute atomic E-state index is 6.22. The fourth-order valence-electron chi connectivity index (χ4n) is 3.69. The summed E-state index contributed by atoms with van der Waals surface area (Å²) in [5, 5.41) is 17.2. The number of amidine groups is 1. The van der Waals surface area contributed by atoms with E-state index in [4.69, 9.17) is 17.3 Å². The molecule has 4 heterocycles. The lowest BCUT2D eigenvalue weighted by molar-refractivity contribution is 0.768. The topological polar surface area (TPSA) is 124 Å². The summed E-state index contributed by atoms with van der Waals surface area (Å²) in [7, 11) is 3.53. The van der Waals surface area contributed by atoms with Crippen LogP contribution in [0.4, 0.5) is 5.95 Å². The van der Waals surface area contributed by atoms with Crippen LogP contribution in [0.3, 0.4) is 0 Å². The van der Waals surface area contributed by atoms with Gasteiger partial charge in [0.05, 0.1) is 5.69 Å². The van der Waals surface area contributed by atoms with Gasteiger partial charge in [0.25, 0.3) is 0 Å². The largest absolute Gasteiger partial charge is 0.404 e. The molecule has 0 aliphatic heterocycles. The van der Waals surface area contributed by atoms with E-state index >= 15 is 0 Å². The second kappa shape index (κ2) is 9.35. The molecular weight excluding hydrogens is 464 g/mol. The third kappa shape index (κ3) is 4.46. The highest BCUT2D eigenvalue weighted by Crippen LogP contribution is 2.32. The SMILES string of the molecule is CN=C(C=CN)Nc1nccc(-c2ccn3c(-c4nn(C)cc4-c4cccc(Cl)c4)nnc3c2)n1. The van der Waals surface area contributed by atoms with Crippen LogP contribution in [0.2, 0.25) is 5.02 Å². The summed E-state index contributed by atoms with van der Waals surface area (Å²) in [6, 6.07) is 13.3. The normalized spacial score (nSPS) is 12.0. The number of fused-ring (bicyclic) bond motifs is 1. The molecule has 0 saturated carbocycles. The number of nitrogens with two attached hydrogens (primary N) is 1. The Balaban J connectivity index is 1.52. The van der Waals surface area contributed by atoms with Crippen LogP contribution in [0.5, 0.6) is 0 Å². The first-order valence-corrected chi connectivity index (χ1v) is 11.0. The Bertz CT molecular complexity index is 1580. The Morgan fingerprint density at radius 2 is 2.03 bits per heavy atom. The number of aromatic nitrogens is 7. The highest BCUT2D eigenvalue weighted by Gasteiger charge is 2.18. The van der Waals surface area contributed by atoms with Crippen LogP contribution in [-0.2, 0) is 7.05 Å². The Morgan fingerprint density at radius 1 is 1.14 bits per heavy atom. The molecule has 4 aromatic heterocycles. The van der Waals surface area contributed by atoms with Crippen molar-refractivity contribution >= 4 is 29.0 Å². The zero-order valence-electron chi connectivity index (χ0n) is 19.0. The van der Waals surface area contributed by atoms with E-state index in [0.29, 0.717) is 34.0 Å². The van der Waals surface area contributed by atoms with Gasteiger partial charge >= 0.3 is 0 Å². The number of benzene rings is 1. The van der Waals surface area contributed by atoms with Gasteiger partial charge in [0, 0.05) is 48.8 Å². The summed E-state index contributed by atoms with van der Waals surface area (Å²) in [5.41, 5.74) is 10.3. The van der Waals surface area contributed by atoms with E-state index in [1.807, 2.05) is 66.3 Å². The summed E-state index contributed by atoms with van der Waals surface area (Å²) in [4.78, 5) is 12.9. The van der Waals surface area contributed by atoms with Gasteiger partial charge in [-0.3, -0.25) is 14.1 Å². The van der Waals surface area contributed by atoms with Crippen LogP contribution in [0.1, 0.15) is 0 Å². The number of rotatable bonds is 5. The van der Waals surface area contributed by atoms with E-state index in [1.165, 1.54) is 6.20 Å². The summed E-state index contributed by atoms with van der Waals surface area (Å²) in [5.74, 6) is 1.58. The second-order valence-electron chi connectivity index (χ2n) is 7.60. The molecule has 11 heteroatoms. The summed E-state index contributed by atoms with van der Waals surface area (Å²) < 4.78 is 3.65. The lowest BCUT2D eigenvalue weighted by Crippen LogP contribution is -2.12. The van der Waals surface area contributed by atoms with Gasteiger partial charge in [0.15, 0.2) is 11.5 Å². The highest BCUT2D eigenvalue weighted by molar-refractivity contribution is 6.30. The smallest absolute Gasteiger partial charge is 0.228 e. The predicted molar refractivity (Wildman–Crippen MR) is 137 cm³/mol. The molecule has 0 amide bonds. The molecule has 0 atom stereocenters. The number of anilines is 1. The lowest BCUT2D eigenvalue weighted by atomic mass is 10.1. The van der Waals surface area contributed by atoms with Crippen LogP contribution in [0.25, 0.3) is 39.5 Å². The van der Waals surface area contributed by atoms with Gasteiger partial charge in [-0.25, -0.2) is 9.97 Å². The van der Waals surface area contributed by atoms with E-state index in [0.717, 1.165) is 22.4 Å². The molecular formula is C24H21ClN10. The molecule has 5 rings (SSSR count). The standard InChI is InChI=1S/C24H21ClN10/c1-27-20(6-9-26)30-24-28-10-7-19(29-24)16-8-11-35-21(13-16)31-32-23(35)22-18(14-34(2)33-22)15-4-3-5-17(25)12-15/h3-14H,26H2,1-2H3,(H,27,28,29,30). The number of nitrogens with one attached hydrogen (secondary N) is 1. The van der Waals surface area contributed by atoms with Gasteiger partial charge in [-0.1, -0.05) is 23.7 Å². The van der Waals surface area contributed by atoms with Gasteiger partial charge in [-0.15, -0.1) is 10.2 Å². The predicted octanol–water partition coefficient (Wildman–Crippen LogP) is 3.82. The number of hydrogen-bond donors (Lipinski definition) is 2. The van der Waals surface area contributed by atoms with Gasteiger partial charge in [-0.05, 0) is 48.2 Å². The minimum absolute atomic E-state index is 0.405. The molecule has 0 aliphatic rings. The molecule has 0 spiro atoms. The van der Waals surface area contributed by atoms with Crippen LogP contribution in [0.15, 0.2) is 78.3 Å². The van der Waals surface area contributed by atoms with Crippen molar-refractivity contribution in [3.63, 3.8) is 0 Å². The van der Waals surface area contributed by atoms with Crippen LogP contribution in [0, 0.1) is 0 Å². The Hall–Kier alpha value is -4.57. The average Bonchev–Trinajstić information content (AvgIpc) is 3.46. The molecule has 35 heavy (non-hydrogen) atoms. The van der Waals surface area contributed by atoms with Gasteiger partial charge in [0.2, 0.25) is 5.95 Å². The Morgan fingerprint density at radius 3 is 2.83 bits per heavy atom. The first-order chi connectivity index (χ1) is 17.1. The van der Waals surface area contributed by atoms with E-state index in [2.05, 4.69) is 35.6 Å². The molecule has 0 fully saturated rings. The van der Waals surface area contributed by atoms with E-state index in [1.54, 1.807) is 24.0 Å². The zero-order valence-corrected chi connectivity index (χ0v) is 19.7. The molecule has 0 bridgehead atoms. The van der Waals surface area contributed by atoms with Gasteiger partial charge in [-0.2, -0.15) is 5.10 Å². The molecule has 0 saturated heterocycles. The van der Waals surface area contributed by atoms with E-state index in [9.17, 15) is 0 Å². The van der Waals surface area contributed by atoms with Gasteiger partial charge < -0.3 is 11.1 Å². The molecule has 0 aliphatic carbocycles. The second-order valence-corrected chi connectivity index (χ2v) is 8.04. The number of pyridine rings is 1. The number of hydrogen-bond acceptors (Lipinski definition) is 7. The number of aryl methyl sites for hydroxylation is 1. The van der Waals surface area contributed by atoms with Gasteiger partial charge in [0.1, 0.15) is 11.5 Å². The summed E-state index contributed by atoms with van der Waals surface area (Å²) in [6.45, 7) is 0. The minimum atomic E-state index is 0.405. The Kier molecular flexibility index (Phi) is 5.94. The van der Waals surface area contributed by atoms with Crippen molar-refractivity contribution in [2.45, 2.75) is 0 Å². The number of halogens is 1. The van der Waals surface area contributed by atoms with Crippen LogP contribution in [-0.4, -0.2) is 47.2 Å². The van der Waals surface area contributed by atoms with Crippen molar-refractivity contribution in [1.82, 2.24) is 34.3 Å². The number of aliphatic imine (C=N–C) groups is 1. The molecule has 3 N–H and O–H groups in total. The van der Waals surface area contributed by atoms with Crippen molar-refractivity contribution in [1.29, 1.82) is 0 Å². The average molecular weight is 485 g/mol.